The Morgan fingerprint density at radius 1 is 1.25 bits per heavy atom. The van der Waals surface area contributed by atoms with Crippen LogP contribution in [0.2, 0.25) is 0 Å². The summed E-state index contributed by atoms with van der Waals surface area (Å²) in [6, 6.07) is 4.10. The zero-order chi connectivity index (χ0) is 18.9. The van der Waals surface area contributed by atoms with Crippen LogP contribution in [0, 0.1) is 0 Å². The van der Waals surface area contributed by atoms with Gasteiger partial charge in [0, 0.05) is 22.4 Å². The van der Waals surface area contributed by atoms with Crippen LogP contribution in [0.15, 0.2) is 27.7 Å². The lowest BCUT2D eigenvalue weighted by atomic mass is 10.2. The molecule has 0 spiro atoms. The minimum atomic E-state index is 0.0767. The molecule has 0 radical (unpaired) electrons. The highest BCUT2D eigenvalue weighted by Gasteiger charge is 2.25. The van der Waals surface area contributed by atoms with Crippen LogP contribution in [0.5, 0.6) is 0 Å². The smallest absolute Gasteiger partial charge is 0.263 e. The zero-order valence-corrected chi connectivity index (χ0v) is 17.3. The van der Waals surface area contributed by atoms with Crippen LogP contribution in [0.3, 0.4) is 0 Å². The maximum atomic E-state index is 13.6. The standard InChI is InChI=1S/C20H23N3O3S2/c24-20-18-15(16-4-2-10-27-16)13-28-19(18)21-17(12-22-5-8-25-9-6-22)23(20)11-14-3-1-7-26-14/h2,4,10,13-14H,1,3,5-9,11-12H2/p+1/t14-/m1/s1. The molecule has 2 saturated heterocycles. The van der Waals surface area contributed by atoms with Crippen LogP contribution in [-0.4, -0.2) is 48.6 Å². The van der Waals surface area contributed by atoms with Gasteiger partial charge in [0.25, 0.3) is 5.56 Å². The largest absolute Gasteiger partial charge is 0.376 e. The first kappa shape index (κ1) is 18.4. The van der Waals surface area contributed by atoms with Gasteiger partial charge in [0.1, 0.15) is 24.5 Å². The quantitative estimate of drug-likeness (QED) is 0.686. The van der Waals surface area contributed by atoms with Crippen molar-refractivity contribution >= 4 is 32.9 Å². The molecule has 0 aromatic carbocycles. The Bertz CT molecular complexity index is 1000. The van der Waals surface area contributed by atoms with Crippen LogP contribution in [0.25, 0.3) is 20.7 Å². The van der Waals surface area contributed by atoms with Crippen molar-refractivity contribution in [1.82, 2.24) is 9.55 Å². The molecule has 28 heavy (non-hydrogen) atoms. The van der Waals surface area contributed by atoms with Crippen LogP contribution in [-0.2, 0) is 22.6 Å². The number of nitrogens with one attached hydrogen (secondary N) is 1. The van der Waals surface area contributed by atoms with E-state index in [2.05, 4.69) is 11.4 Å². The van der Waals surface area contributed by atoms with Gasteiger partial charge in [-0.1, -0.05) is 6.07 Å². The van der Waals surface area contributed by atoms with Gasteiger partial charge in [-0.3, -0.25) is 9.36 Å². The molecule has 0 bridgehead atoms. The van der Waals surface area contributed by atoms with Crippen molar-refractivity contribution in [2.24, 2.45) is 0 Å². The average molecular weight is 419 g/mol. The molecular weight excluding hydrogens is 394 g/mol. The lowest BCUT2D eigenvalue weighted by Crippen LogP contribution is -3.13. The van der Waals surface area contributed by atoms with E-state index in [4.69, 9.17) is 14.5 Å². The number of quaternary nitrogens is 1. The third-order valence-corrected chi connectivity index (χ3v) is 7.35. The first-order valence-corrected chi connectivity index (χ1v) is 11.6. The fourth-order valence-corrected chi connectivity index (χ4v) is 5.83. The normalized spacial score (nSPS) is 20.9. The third kappa shape index (κ3) is 3.55. The molecule has 8 heteroatoms. The van der Waals surface area contributed by atoms with Crippen molar-refractivity contribution in [3.05, 3.63) is 39.1 Å². The molecule has 0 unspecified atom stereocenters. The van der Waals surface area contributed by atoms with E-state index in [9.17, 15) is 4.79 Å². The molecule has 1 N–H and O–H groups in total. The fourth-order valence-electron chi connectivity index (χ4n) is 4.06. The van der Waals surface area contributed by atoms with E-state index >= 15 is 0 Å². The number of morpholine rings is 1. The molecule has 6 nitrogen and oxygen atoms in total. The number of fused-ring (bicyclic) bond motifs is 1. The molecule has 2 aliphatic heterocycles. The van der Waals surface area contributed by atoms with E-state index in [0.29, 0.717) is 6.54 Å². The molecule has 5 heterocycles. The number of hydrogen-bond acceptors (Lipinski definition) is 6. The van der Waals surface area contributed by atoms with Gasteiger partial charge in [-0.05, 0) is 24.3 Å². The van der Waals surface area contributed by atoms with Gasteiger partial charge < -0.3 is 14.4 Å². The van der Waals surface area contributed by atoms with Crippen LogP contribution >= 0.6 is 22.7 Å². The molecule has 0 saturated carbocycles. The van der Waals surface area contributed by atoms with E-state index in [1.54, 1.807) is 22.7 Å². The van der Waals surface area contributed by atoms with Crippen molar-refractivity contribution in [1.29, 1.82) is 0 Å². The number of thiophene rings is 2. The Hall–Kier alpha value is -1.58. The lowest BCUT2D eigenvalue weighted by molar-refractivity contribution is -0.922. The molecule has 2 aliphatic rings. The maximum Gasteiger partial charge on any atom is 0.263 e. The predicted octanol–water partition coefficient (Wildman–Crippen LogP) is 1.78. The van der Waals surface area contributed by atoms with E-state index in [-0.39, 0.29) is 11.7 Å². The Morgan fingerprint density at radius 3 is 2.89 bits per heavy atom. The summed E-state index contributed by atoms with van der Waals surface area (Å²) in [5.74, 6) is 0.879. The SMILES string of the molecule is O=c1c2c(-c3cccs3)csc2nc(C[NH+]2CCOCC2)n1C[C@H]1CCCO1. The Labute approximate surface area is 171 Å². The van der Waals surface area contributed by atoms with Gasteiger partial charge in [-0.15, -0.1) is 22.7 Å². The van der Waals surface area contributed by atoms with Crippen molar-refractivity contribution in [2.75, 3.05) is 32.9 Å². The monoisotopic (exact) mass is 418 g/mol. The number of ether oxygens (including phenoxy) is 2. The van der Waals surface area contributed by atoms with Gasteiger partial charge in [0.2, 0.25) is 0 Å². The van der Waals surface area contributed by atoms with Crippen molar-refractivity contribution in [2.45, 2.75) is 32.0 Å². The molecule has 5 rings (SSSR count). The van der Waals surface area contributed by atoms with E-state index in [1.807, 2.05) is 16.0 Å². The topological polar surface area (TPSA) is 57.8 Å². The summed E-state index contributed by atoms with van der Waals surface area (Å²) in [5.41, 5.74) is 1.09. The fraction of sp³-hybridized carbons (Fsp3) is 0.500. The molecule has 0 aliphatic carbocycles. The maximum absolute atomic E-state index is 13.6. The van der Waals surface area contributed by atoms with Crippen LogP contribution < -0.4 is 10.5 Å². The second-order valence-electron chi connectivity index (χ2n) is 7.42. The summed E-state index contributed by atoms with van der Waals surface area (Å²) >= 11 is 3.23. The number of hydrogen-bond donors (Lipinski definition) is 1. The average Bonchev–Trinajstić information content (AvgIpc) is 3.46. The molecule has 3 aromatic rings. The van der Waals surface area contributed by atoms with Crippen molar-refractivity contribution in [3.63, 3.8) is 0 Å². The highest BCUT2D eigenvalue weighted by atomic mass is 32.1. The van der Waals surface area contributed by atoms with E-state index < -0.39 is 0 Å². The second-order valence-corrected chi connectivity index (χ2v) is 9.23. The molecule has 2 fully saturated rings. The molecular formula is C20H24N3O3S2+. The number of rotatable bonds is 5. The number of aromatic nitrogens is 2. The minimum absolute atomic E-state index is 0.0767. The summed E-state index contributed by atoms with van der Waals surface area (Å²) in [6.45, 7) is 5.60. The molecule has 3 aromatic heterocycles. The predicted molar refractivity (Wildman–Crippen MR) is 111 cm³/mol. The Kier molecular flexibility index (Phi) is 5.30. The first-order chi connectivity index (χ1) is 13.8. The van der Waals surface area contributed by atoms with Gasteiger partial charge in [0.05, 0.1) is 31.2 Å². The van der Waals surface area contributed by atoms with Gasteiger partial charge in [0.15, 0.2) is 5.82 Å². The minimum Gasteiger partial charge on any atom is -0.376 e. The second kappa shape index (κ2) is 8.04. The zero-order valence-electron chi connectivity index (χ0n) is 15.7. The Morgan fingerprint density at radius 2 is 2.14 bits per heavy atom. The van der Waals surface area contributed by atoms with E-state index in [0.717, 1.165) is 78.8 Å². The Balaban J connectivity index is 1.59. The lowest BCUT2D eigenvalue weighted by Gasteiger charge is -2.25. The third-order valence-electron chi connectivity index (χ3n) is 5.58. The summed E-state index contributed by atoms with van der Waals surface area (Å²) in [5, 5.41) is 4.88. The highest BCUT2D eigenvalue weighted by Crippen LogP contribution is 2.33. The van der Waals surface area contributed by atoms with E-state index in [1.165, 1.54) is 4.90 Å². The summed E-state index contributed by atoms with van der Waals surface area (Å²) in [7, 11) is 0. The summed E-state index contributed by atoms with van der Waals surface area (Å²) in [6.07, 6.45) is 2.19. The van der Waals surface area contributed by atoms with Gasteiger partial charge in [-0.25, -0.2) is 4.98 Å². The molecule has 0 amide bonds. The van der Waals surface area contributed by atoms with Crippen LogP contribution in [0.1, 0.15) is 18.7 Å². The van der Waals surface area contributed by atoms with Gasteiger partial charge >= 0.3 is 0 Å². The van der Waals surface area contributed by atoms with Crippen molar-refractivity contribution in [3.8, 4) is 10.4 Å². The summed E-state index contributed by atoms with van der Waals surface area (Å²) < 4.78 is 13.2. The first-order valence-electron chi connectivity index (χ1n) is 9.87. The van der Waals surface area contributed by atoms with Gasteiger partial charge in [-0.2, -0.15) is 0 Å². The van der Waals surface area contributed by atoms with Crippen molar-refractivity contribution < 1.29 is 14.4 Å². The number of nitrogens with zero attached hydrogens (tertiary/aromatic N) is 2. The molecule has 148 valence electrons. The van der Waals surface area contributed by atoms with Crippen LogP contribution in [0.4, 0.5) is 0 Å². The summed E-state index contributed by atoms with van der Waals surface area (Å²) in [4.78, 5) is 22.0. The molecule has 1 atom stereocenters. The highest BCUT2D eigenvalue weighted by molar-refractivity contribution is 7.18.